The van der Waals surface area contributed by atoms with Gasteiger partial charge in [0, 0.05) is 12.4 Å². The van der Waals surface area contributed by atoms with E-state index < -0.39 is 0 Å². The maximum Gasteiger partial charge on any atom is 0.0506 e. The third-order valence-electron chi connectivity index (χ3n) is 1.42. The summed E-state index contributed by atoms with van der Waals surface area (Å²) in [5.41, 5.74) is 12.6. The number of aromatic nitrogens is 1. The number of hydrogen-bond acceptors (Lipinski definition) is 3. The second kappa shape index (κ2) is 4.51. The van der Waals surface area contributed by atoms with E-state index >= 15 is 0 Å². The second-order valence-corrected chi connectivity index (χ2v) is 2.53. The highest BCUT2D eigenvalue weighted by atomic mass is 14.7. The molecule has 1 heterocycles. The molecule has 64 valence electrons. The summed E-state index contributed by atoms with van der Waals surface area (Å²) in [6.45, 7) is 0.673. The van der Waals surface area contributed by atoms with Crippen LogP contribution in [0.2, 0.25) is 0 Å². The lowest BCUT2D eigenvalue weighted by molar-refractivity contribution is 1.01. The Morgan fingerprint density at radius 2 is 2.25 bits per heavy atom. The third kappa shape index (κ3) is 2.72. The zero-order valence-corrected chi connectivity index (χ0v) is 6.90. The van der Waals surface area contributed by atoms with Gasteiger partial charge in [0.05, 0.1) is 5.69 Å². The molecule has 0 aliphatic carbocycles. The molecule has 0 radical (unpaired) electrons. The van der Waals surface area contributed by atoms with Gasteiger partial charge in [-0.15, -0.1) is 0 Å². The second-order valence-electron chi connectivity index (χ2n) is 2.53. The Kier molecular flexibility index (Phi) is 3.29. The van der Waals surface area contributed by atoms with Crippen LogP contribution in [0.3, 0.4) is 0 Å². The van der Waals surface area contributed by atoms with Gasteiger partial charge in [-0.1, -0.05) is 12.2 Å². The molecule has 0 saturated carbocycles. The molecule has 0 saturated heterocycles. The normalized spacial score (nSPS) is 10.8. The first-order chi connectivity index (χ1) is 5.83. The van der Waals surface area contributed by atoms with Gasteiger partial charge in [0.25, 0.3) is 0 Å². The molecule has 0 aliphatic rings. The number of pyridine rings is 1. The highest BCUT2D eigenvalue weighted by Crippen LogP contribution is 2.05. The smallest absolute Gasteiger partial charge is 0.0506 e. The van der Waals surface area contributed by atoms with Crippen LogP contribution in [0.1, 0.15) is 12.0 Å². The number of nitrogens with two attached hydrogens (primary N) is 2. The van der Waals surface area contributed by atoms with Crippen molar-refractivity contribution in [3.63, 3.8) is 0 Å². The van der Waals surface area contributed by atoms with E-state index in [1.807, 2.05) is 18.2 Å². The van der Waals surface area contributed by atoms with Crippen molar-refractivity contribution in [1.29, 1.82) is 0 Å². The Labute approximate surface area is 72.1 Å². The van der Waals surface area contributed by atoms with E-state index in [1.165, 1.54) is 0 Å². The molecule has 0 fully saturated rings. The Morgan fingerprint density at radius 3 is 2.92 bits per heavy atom. The molecule has 3 heteroatoms. The van der Waals surface area contributed by atoms with E-state index in [1.54, 1.807) is 12.4 Å². The molecule has 0 unspecified atom stereocenters. The molecule has 0 bridgehead atoms. The van der Waals surface area contributed by atoms with E-state index in [9.17, 15) is 0 Å². The molecular weight excluding hydrogens is 150 g/mol. The van der Waals surface area contributed by atoms with Gasteiger partial charge in [-0.25, -0.2) is 0 Å². The molecule has 0 spiro atoms. The topological polar surface area (TPSA) is 64.9 Å². The summed E-state index contributed by atoms with van der Waals surface area (Å²) < 4.78 is 0. The number of nitrogens with zero attached hydrogens (tertiary/aromatic N) is 1. The van der Waals surface area contributed by atoms with Gasteiger partial charge >= 0.3 is 0 Å². The number of nitrogen functional groups attached to an aromatic ring is 1. The lowest BCUT2D eigenvalue weighted by atomic mass is 10.2. The molecule has 1 aromatic heterocycles. The molecule has 3 nitrogen and oxygen atoms in total. The number of anilines is 1. The maximum atomic E-state index is 5.54. The highest BCUT2D eigenvalue weighted by Gasteiger charge is 1.87. The lowest BCUT2D eigenvalue weighted by Crippen LogP contribution is -1.95. The van der Waals surface area contributed by atoms with Crippen molar-refractivity contribution >= 4 is 11.8 Å². The maximum absolute atomic E-state index is 5.54. The largest absolute Gasteiger partial charge is 0.397 e. The summed E-state index contributed by atoms with van der Waals surface area (Å²) in [6, 6.07) is 1.88. The first-order valence-corrected chi connectivity index (χ1v) is 3.90. The minimum Gasteiger partial charge on any atom is -0.397 e. The Morgan fingerprint density at radius 1 is 1.42 bits per heavy atom. The van der Waals surface area contributed by atoms with Crippen LogP contribution >= 0.6 is 0 Å². The van der Waals surface area contributed by atoms with E-state index in [0.717, 1.165) is 12.0 Å². The highest BCUT2D eigenvalue weighted by molar-refractivity contribution is 5.53. The summed E-state index contributed by atoms with van der Waals surface area (Å²) in [6.07, 6.45) is 8.26. The molecule has 4 N–H and O–H groups in total. The SMILES string of the molecule is NCCC=Cc1cncc(N)c1. The van der Waals surface area contributed by atoms with Crippen molar-refractivity contribution in [3.8, 4) is 0 Å². The van der Waals surface area contributed by atoms with Gasteiger partial charge in [-0.05, 0) is 24.6 Å². The van der Waals surface area contributed by atoms with Gasteiger partial charge < -0.3 is 11.5 Å². The standard InChI is InChI=1S/C9H13N3/c10-4-2-1-3-8-5-9(11)7-12-6-8/h1,3,5-7H,2,4,10-11H2. The average molecular weight is 163 g/mol. The summed E-state index contributed by atoms with van der Waals surface area (Å²) >= 11 is 0. The summed E-state index contributed by atoms with van der Waals surface area (Å²) in [7, 11) is 0. The van der Waals surface area contributed by atoms with Crippen molar-refractivity contribution in [2.24, 2.45) is 5.73 Å². The third-order valence-corrected chi connectivity index (χ3v) is 1.42. The van der Waals surface area contributed by atoms with Crippen molar-refractivity contribution in [2.75, 3.05) is 12.3 Å². The number of hydrogen-bond donors (Lipinski definition) is 2. The van der Waals surface area contributed by atoms with Crippen molar-refractivity contribution < 1.29 is 0 Å². The zero-order valence-electron chi connectivity index (χ0n) is 6.90. The fourth-order valence-electron chi connectivity index (χ4n) is 0.883. The molecule has 0 aromatic carbocycles. The van der Waals surface area contributed by atoms with Crippen LogP contribution in [0.4, 0.5) is 5.69 Å². The van der Waals surface area contributed by atoms with Crippen molar-refractivity contribution in [1.82, 2.24) is 4.98 Å². The van der Waals surface area contributed by atoms with E-state index in [2.05, 4.69) is 4.98 Å². The Bertz CT molecular complexity index is 268. The minimum atomic E-state index is 0.673. The van der Waals surface area contributed by atoms with Gasteiger partial charge in [0.15, 0.2) is 0 Å². The van der Waals surface area contributed by atoms with Crippen LogP contribution in [0.15, 0.2) is 24.5 Å². The van der Waals surface area contributed by atoms with Crippen LogP contribution in [-0.4, -0.2) is 11.5 Å². The fourth-order valence-corrected chi connectivity index (χ4v) is 0.883. The Balaban J connectivity index is 2.63. The predicted molar refractivity (Wildman–Crippen MR) is 51.4 cm³/mol. The first-order valence-electron chi connectivity index (χ1n) is 3.90. The van der Waals surface area contributed by atoms with Gasteiger partial charge in [0.1, 0.15) is 0 Å². The summed E-state index contributed by atoms with van der Waals surface area (Å²) in [5.74, 6) is 0. The van der Waals surface area contributed by atoms with E-state index in [0.29, 0.717) is 12.2 Å². The fraction of sp³-hybridized carbons (Fsp3) is 0.222. The molecule has 0 amide bonds. The molecule has 1 rings (SSSR count). The monoisotopic (exact) mass is 163 g/mol. The first kappa shape index (κ1) is 8.74. The van der Waals surface area contributed by atoms with Gasteiger partial charge in [-0.2, -0.15) is 0 Å². The molecule has 0 aliphatic heterocycles. The van der Waals surface area contributed by atoms with Gasteiger partial charge in [-0.3, -0.25) is 4.98 Å². The van der Waals surface area contributed by atoms with Crippen LogP contribution in [0.25, 0.3) is 6.08 Å². The van der Waals surface area contributed by atoms with E-state index in [-0.39, 0.29) is 0 Å². The van der Waals surface area contributed by atoms with Crippen molar-refractivity contribution in [3.05, 3.63) is 30.1 Å². The predicted octanol–water partition coefficient (Wildman–Crippen LogP) is 1.03. The van der Waals surface area contributed by atoms with Crippen LogP contribution in [-0.2, 0) is 0 Å². The van der Waals surface area contributed by atoms with Crippen LogP contribution in [0, 0.1) is 0 Å². The molecule has 12 heavy (non-hydrogen) atoms. The lowest BCUT2D eigenvalue weighted by Gasteiger charge is -1.93. The van der Waals surface area contributed by atoms with E-state index in [4.69, 9.17) is 11.5 Å². The zero-order chi connectivity index (χ0) is 8.81. The van der Waals surface area contributed by atoms with Gasteiger partial charge in [0.2, 0.25) is 0 Å². The minimum absolute atomic E-state index is 0.673. The average Bonchev–Trinajstić information content (AvgIpc) is 2.05. The van der Waals surface area contributed by atoms with Crippen LogP contribution < -0.4 is 11.5 Å². The quantitative estimate of drug-likeness (QED) is 0.699. The van der Waals surface area contributed by atoms with Crippen LogP contribution in [0.5, 0.6) is 0 Å². The molecular formula is C9H13N3. The Hall–Kier alpha value is -1.35. The molecule has 1 aromatic rings. The van der Waals surface area contributed by atoms with Crippen molar-refractivity contribution in [2.45, 2.75) is 6.42 Å². The summed E-state index contributed by atoms with van der Waals surface area (Å²) in [5, 5.41) is 0. The summed E-state index contributed by atoms with van der Waals surface area (Å²) in [4.78, 5) is 3.96. The molecule has 0 atom stereocenters. The number of rotatable bonds is 3.